The molecule has 4 fully saturated rings. The van der Waals surface area contributed by atoms with Crippen molar-refractivity contribution in [3.8, 4) is 0 Å². The normalized spacial score (nSPS) is 40.0. The fourth-order valence-corrected chi connectivity index (χ4v) is 4.05. The van der Waals surface area contributed by atoms with Gasteiger partial charge < -0.3 is 29.9 Å². The number of hydrogen-bond acceptors (Lipinski definition) is 6. The van der Waals surface area contributed by atoms with Crippen molar-refractivity contribution in [3.63, 3.8) is 0 Å². The van der Waals surface area contributed by atoms with Crippen molar-refractivity contribution in [2.45, 2.75) is 63.9 Å². The minimum Gasteiger partial charge on any atom is -0.481 e. The topological polar surface area (TPSA) is 140 Å². The number of aliphatic carboxylic acids is 2. The zero-order chi connectivity index (χ0) is 20.8. The van der Waals surface area contributed by atoms with Crippen LogP contribution < -0.4 is 0 Å². The molecule has 0 bridgehead atoms. The quantitative estimate of drug-likeness (QED) is 0.409. The van der Waals surface area contributed by atoms with E-state index in [0.29, 0.717) is 12.2 Å². The van der Waals surface area contributed by atoms with Crippen molar-refractivity contribution in [1.82, 2.24) is 0 Å². The highest BCUT2D eigenvalue weighted by Gasteiger charge is 2.49. The van der Waals surface area contributed by atoms with E-state index in [1.54, 1.807) is 0 Å². The highest BCUT2D eigenvalue weighted by Crippen LogP contribution is 2.43. The zero-order valence-electron chi connectivity index (χ0n) is 16.4. The van der Waals surface area contributed by atoms with E-state index in [1.165, 1.54) is 12.2 Å². The third-order valence-corrected chi connectivity index (χ3v) is 5.94. The van der Waals surface area contributed by atoms with Crippen molar-refractivity contribution in [2.24, 2.45) is 23.7 Å². The predicted molar refractivity (Wildman–Crippen MR) is 99.7 cm³/mol. The van der Waals surface area contributed by atoms with Crippen LogP contribution in [0, 0.1) is 23.7 Å². The molecule has 0 aromatic heterocycles. The van der Waals surface area contributed by atoms with Gasteiger partial charge in [0.15, 0.2) is 0 Å². The molecule has 4 aliphatic rings. The summed E-state index contributed by atoms with van der Waals surface area (Å²) in [5, 5.41) is 33.6. The molecule has 0 spiro atoms. The average molecular weight is 400 g/mol. The lowest BCUT2D eigenvalue weighted by atomic mass is 9.81. The molecule has 2 aliphatic carbocycles. The third-order valence-electron chi connectivity index (χ3n) is 5.94. The van der Waals surface area contributed by atoms with Gasteiger partial charge in [0.05, 0.1) is 49.5 Å². The van der Waals surface area contributed by atoms with Gasteiger partial charge in [-0.25, -0.2) is 0 Å². The molecule has 2 heterocycles. The minimum absolute atomic E-state index is 0.0144. The second-order valence-corrected chi connectivity index (χ2v) is 8.05. The van der Waals surface area contributed by atoms with Crippen molar-refractivity contribution in [3.05, 3.63) is 12.2 Å². The van der Waals surface area contributed by atoms with E-state index >= 15 is 0 Å². The van der Waals surface area contributed by atoms with Crippen LogP contribution in [0.5, 0.6) is 0 Å². The number of carboxylic acid groups (broad SMARTS) is 2. The summed E-state index contributed by atoms with van der Waals surface area (Å²) in [5.74, 6) is -1.08. The number of hydrogen-bond donors (Lipinski definition) is 4. The summed E-state index contributed by atoms with van der Waals surface area (Å²) in [6.45, 7) is 4.02. The Balaban J connectivity index is 0.000000158. The zero-order valence-corrected chi connectivity index (χ0v) is 16.4. The van der Waals surface area contributed by atoms with E-state index in [4.69, 9.17) is 29.9 Å². The Morgan fingerprint density at radius 3 is 1.36 bits per heavy atom. The Bertz CT molecular complexity index is 514. The molecule has 8 atom stereocenters. The van der Waals surface area contributed by atoms with Gasteiger partial charge in [-0.3, -0.25) is 9.59 Å². The Morgan fingerprint density at radius 1 is 0.750 bits per heavy atom. The Hall–Kier alpha value is -1.48. The number of rotatable bonds is 4. The van der Waals surface area contributed by atoms with Gasteiger partial charge in [0.2, 0.25) is 0 Å². The van der Waals surface area contributed by atoms with Gasteiger partial charge in [-0.1, -0.05) is 26.0 Å². The molecule has 8 nitrogen and oxygen atoms in total. The maximum atomic E-state index is 10.7. The average Bonchev–Trinajstić information content (AvgIpc) is 3.54. The Morgan fingerprint density at radius 2 is 1.07 bits per heavy atom. The molecule has 0 aromatic carbocycles. The standard InChI is InChI=1S/2C8H12O3.C4H8O2/c2*1-4-2-6-7(11-6)3-5(4)8(9)10;5-3-1-2-4-6/h2*4-7H,2-3H2,1H3,(H,9,10);1-2,5-6H,3-4H2. The molecule has 8 unspecified atom stereocenters. The molecule has 28 heavy (non-hydrogen) atoms. The first-order valence-corrected chi connectivity index (χ1v) is 9.91. The summed E-state index contributed by atoms with van der Waals surface area (Å²) >= 11 is 0. The number of ether oxygens (including phenoxy) is 2. The second-order valence-electron chi connectivity index (χ2n) is 8.05. The number of carboxylic acids is 2. The van der Waals surface area contributed by atoms with Gasteiger partial charge in [-0.15, -0.1) is 0 Å². The van der Waals surface area contributed by atoms with E-state index < -0.39 is 11.9 Å². The number of aliphatic hydroxyl groups is 2. The SMILES string of the molecule is CC1CC2OC2CC1C(=O)O.CC1CC2OC2CC1C(=O)O.OCC=CCO. The van der Waals surface area contributed by atoms with Gasteiger partial charge in [0.25, 0.3) is 0 Å². The van der Waals surface area contributed by atoms with Crippen LogP contribution >= 0.6 is 0 Å². The van der Waals surface area contributed by atoms with Crippen LogP contribution in [0.1, 0.15) is 39.5 Å². The fourth-order valence-electron chi connectivity index (χ4n) is 4.05. The monoisotopic (exact) mass is 400 g/mol. The van der Waals surface area contributed by atoms with Crippen molar-refractivity contribution < 1.29 is 39.5 Å². The summed E-state index contributed by atoms with van der Waals surface area (Å²) < 4.78 is 10.5. The molecule has 4 rings (SSSR count). The highest BCUT2D eigenvalue weighted by molar-refractivity contribution is 5.71. The molecular weight excluding hydrogens is 368 g/mol. The van der Waals surface area contributed by atoms with Crippen LogP contribution in [0.25, 0.3) is 0 Å². The molecule has 2 saturated heterocycles. The van der Waals surface area contributed by atoms with E-state index in [9.17, 15) is 9.59 Å². The predicted octanol–water partition coefficient (Wildman–Crippen LogP) is 1.30. The molecule has 2 saturated carbocycles. The summed E-state index contributed by atoms with van der Waals surface area (Å²) in [4.78, 5) is 21.3. The largest absolute Gasteiger partial charge is 0.481 e. The van der Waals surface area contributed by atoms with Crippen LogP contribution in [0.15, 0.2) is 12.2 Å². The molecule has 0 aromatic rings. The molecule has 8 heteroatoms. The van der Waals surface area contributed by atoms with Crippen molar-refractivity contribution in [2.75, 3.05) is 13.2 Å². The number of carbonyl (C=O) groups is 2. The van der Waals surface area contributed by atoms with Gasteiger partial charge in [0.1, 0.15) is 0 Å². The van der Waals surface area contributed by atoms with Gasteiger partial charge in [0, 0.05) is 0 Å². The van der Waals surface area contributed by atoms with Crippen LogP contribution in [0.2, 0.25) is 0 Å². The van der Waals surface area contributed by atoms with E-state index in [2.05, 4.69) is 0 Å². The first kappa shape index (κ1) is 22.8. The van der Waals surface area contributed by atoms with Gasteiger partial charge >= 0.3 is 11.9 Å². The molecular formula is C20H32O8. The number of aliphatic hydroxyl groups excluding tert-OH is 2. The van der Waals surface area contributed by atoms with Crippen LogP contribution in [-0.4, -0.2) is 70.0 Å². The third kappa shape index (κ3) is 6.55. The minimum atomic E-state index is -0.661. The molecule has 160 valence electrons. The summed E-state index contributed by atoms with van der Waals surface area (Å²) in [7, 11) is 0. The molecule has 0 radical (unpaired) electrons. The lowest BCUT2D eigenvalue weighted by molar-refractivity contribution is -0.145. The summed E-state index contributed by atoms with van der Waals surface area (Å²) in [6.07, 6.45) is 7.60. The maximum absolute atomic E-state index is 10.7. The lowest BCUT2D eigenvalue weighted by Gasteiger charge is -2.21. The number of fused-ring (bicyclic) bond motifs is 2. The van der Waals surface area contributed by atoms with E-state index in [1.807, 2.05) is 13.8 Å². The molecule has 4 N–H and O–H groups in total. The van der Waals surface area contributed by atoms with Crippen LogP contribution in [-0.2, 0) is 19.1 Å². The van der Waals surface area contributed by atoms with E-state index in [-0.39, 0.29) is 49.1 Å². The Labute approximate surface area is 165 Å². The van der Waals surface area contributed by atoms with Crippen LogP contribution in [0.3, 0.4) is 0 Å². The highest BCUT2D eigenvalue weighted by atomic mass is 16.6. The molecule has 0 amide bonds. The van der Waals surface area contributed by atoms with E-state index in [0.717, 1.165) is 25.7 Å². The van der Waals surface area contributed by atoms with Crippen molar-refractivity contribution >= 4 is 11.9 Å². The first-order chi connectivity index (χ1) is 13.3. The first-order valence-electron chi connectivity index (χ1n) is 9.91. The second kappa shape index (κ2) is 10.3. The van der Waals surface area contributed by atoms with Crippen molar-refractivity contribution in [1.29, 1.82) is 0 Å². The lowest BCUT2D eigenvalue weighted by Crippen LogP contribution is -2.28. The Kier molecular flexibility index (Phi) is 8.42. The van der Waals surface area contributed by atoms with Crippen LogP contribution in [0.4, 0.5) is 0 Å². The smallest absolute Gasteiger partial charge is 0.306 e. The fraction of sp³-hybridized carbons (Fsp3) is 0.800. The van der Waals surface area contributed by atoms with Gasteiger partial charge in [-0.2, -0.15) is 0 Å². The van der Waals surface area contributed by atoms with Gasteiger partial charge in [-0.05, 0) is 37.5 Å². The molecule has 2 aliphatic heterocycles. The maximum Gasteiger partial charge on any atom is 0.306 e. The summed E-state index contributed by atoms with van der Waals surface area (Å²) in [6, 6.07) is 0. The summed E-state index contributed by atoms with van der Waals surface area (Å²) in [5.41, 5.74) is 0. The number of epoxide rings is 2.